The molecule has 70 valence electrons. The highest BCUT2D eigenvalue weighted by Crippen LogP contribution is 2.36. The summed E-state index contributed by atoms with van der Waals surface area (Å²) >= 11 is 11.7. The minimum Gasteiger partial charge on any atom is -0.478 e. The molecule has 0 saturated heterocycles. The molecule has 1 heterocycles. The molecule has 0 saturated carbocycles. The Balaban J connectivity index is 3.47. The molecule has 7 heteroatoms. The van der Waals surface area contributed by atoms with Gasteiger partial charge in [0.25, 0.3) is 0 Å². The summed E-state index contributed by atoms with van der Waals surface area (Å²) in [7, 11) is 0. The number of carboxylic acid groups (broad SMARTS) is 2. The first-order valence-corrected chi connectivity index (χ1v) is 4.46. The predicted molar refractivity (Wildman–Crippen MR) is 48.3 cm³/mol. The summed E-state index contributed by atoms with van der Waals surface area (Å²) in [6, 6.07) is 0. The van der Waals surface area contributed by atoms with Crippen LogP contribution in [-0.4, -0.2) is 22.2 Å². The van der Waals surface area contributed by atoms with Crippen molar-refractivity contribution in [3.63, 3.8) is 0 Å². The largest absolute Gasteiger partial charge is 0.478 e. The number of aromatic carboxylic acids is 2. The van der Waals surface area contributed by atoms with Crippen LogP contribution in [0.2, 0.25) is 8.67 Å². The number of halogens is 2. The van der Waals surface area contributed by atoms with Crippen LogP contribution in [-0.2, 0) is 0 Å². The Hall–Kier alpha value is -0.780. The fourth-order valence-corrected chi connectivity index (χ4v) is 2.43. The second-order valence-electron chi connectivity index (χ2n) is 2.01. The van der Waals surface area contributed by atoms with Gasteiger partial charge in [0.2, 0.25) is 0 Å². The number of hydrogen-bond donors (Lipinski definition) is 2. The highest BCUT2D eigenvalue weighted by Gasteiger charge is 2.26. The third kappa shape index (κ3) is 1.77. The zero-order valence-electron chi connectivity index (χ0n) is 5.88. The molecule has 0 fully saturated rings. The van der Waals surface area contributed by atoms with Gasteiger partial charge in [-0.3, -0.25) is 0 Å². The van der Waals surface area contributed by atoms with E-state index in [-0.39, 0.29) is 8.67 Å². The van der Waals surface area contributed by atoms with E-state index < -0.39 is 23.1 Å². The molecular weight excluding hydrogens is 239 g/mol. The summed E-state index contributed by atoms with van der Waals surface area (Å²) in [6.07, 6.45) is 0. The maximum Gasteiger partial charge on any atom is 0.339 e. The fourth-order valence-electron chi connectivity index (χ4n) is 0.759. The zero-order chi connectivity index (χ0) is 10.2. The second-order valence-corrected chi connectivity index (χ2v) is 4.23. The molecule has 2 N–H and O–H groups in total. The van der Waals surface area contributed by atoms with Crippen molar-refractivity contribution in [2.75, 3.05) is 0 Å². The van der Waals surface area contributed by atoms with E-state index in [1.165, 1.54) is 0 Å². The van der Waals surface area contributed by atoms with Gasteiger partial charge < -0.3 is 10.2 Å². The van der Waals surface area contributed by atoms with Gasteiger partial charge in [-0.15, -0.1) is 11.3 Å². The lowest BCUT2D eigenvalue weighted by Gasteiger charge is -1.93. The number of carboxylic acids is 2. The monoisotopic (exact) mass is 240 g/mol. The Morgan fingerprint density at radius 1 is 1.00 bits per heavy atom. The van der Waals surface area contributed by atoms with Gasteiger partial charge in [-0.2, -0.15) is 0 Å². The Kier molecular flexibility index (Phi) is 2.80. The van der Waals surface area contributed by atoms with Crippen LogP contribution in [0.15, 0.2) is 0 Å². The number of thiophene rings is 1. The normalized spacial score (nSPS) is 10.0. The molecule has 0 aliphatic heterocycles. The van der Waals surface area contributed by atoms with Crippen molar-refractivity contribution in [2.24, 2.45) is 0 Å². The highest BCUT2D eigenvalue weighted by molar-refractivity contribution is 7.20. The average molecular weight is 241 g/mol. The summed E-state index contributed by atoms with van der Waals surface area (Å²) in [5.41, 5.74) is -0.909. The molecule has 1 rings (SSSR count). The highest BCUT2D eigenvalue weighted by atomic mass is 35.5. The van der Waals surface area contributed by atoms with Crippen LogP contribution < -0.4 is 0 Å². The second kappa shape index (κ2) is 3.53. The average Bonchev–Trinajstić information content (AvgIpc) is 2.24. The minimum absolute atomic E-state index is 0.130. The fraction of sp³-hybridized carbons (Fsp3) is 0. The summed E-state index contributed by atoms with van der Waals surface area (Å²) in [5, 5.41) is 17.2. The molecule has 0 amide bonds. The minimum atomic E-state index is -1.40. The molecule has 0 bridgehead atoms. The first-order chi connectivity index (χ1) is 5.95. The van der Waals surface area contributed by atoms with Crippen molar-refractivity contribution in [2.45, 2.75) is 0 Å². The van der Waals surface area contributed by atoms with E-state index in [1.807, 2.05) is 0 Å². The molecule has 0 atom stereocenters. The Morgan fingerprint density at radius 3 is 1.54 bits per heavy atom. The van der Waals surface area contributed by atoms with Crippen LogP contribution in [0.1, 0.15) is 20.7 Å². The summed E-state index contributed by atoms with van der Waals surface area (Å²) in [6.45, 7) is 0. The molecule has 4 nitrogen and oxygen atoms in total. The van der Waals surface area contributed by atoms with E-state index >= 15 is 0 Å². The molecule has 1 aromatic heterocycles. The van der Waals surface area contributed by atoms with Crippen molar-refractivity contribution in [3.05, 3.63) is 19.8 Å². The van der Waals surface area contributed by atoms with E-state index in [9.17, 15) is 9.59 Å². The number of hydrogen-bond acceptors (Lipinski definition) is 3. The van der Waals surface area contributed by atoms with Gasteiger partial charge in [0, 0.05) is 0 Å². The third-order valence-electron chi connectivity index (χ3n) is 1.25. The van der Waals surface area contributed by atoms with Crippen LogP contribution in [0, 0.1) is 0 Å². The quantitative estimate of drug-likeness (QED) is 0.833. The van der Waals surface area contributed by atoms with Crippen molar-refractivity contribution in [1.29, 1.82) is 0 Å². The van der Waals surface area contributed by atoms with E-state index in [0.717, 1.165) is 11.3 Å². The molecule has 0 aliphatic rings. The maximum absolute atomic E-state index is 10.6. The van der Waals surface area contributed by atoms with Gasteiger partial charge in [-0.1, -0.05) is 23.2 Å². The van der Waals surface area contributed by atoms with E-state index in [1.54, 1.807) is 0 Å². The van der Waals surface area contributed by atoms with Gasteiger partial charge in [0.15, 0.2) is 0 Å². The SMILES string of the molecule is O=C(O)c1c(Cl)sc(Cl)c1C(=O)O. The molecule has 13 heavy (non-hydrogen) atoms. The standard InChI is InChI=1S/C6H2Cl2O4S/c7-3-1(5(9)10)2(6(11)12)4(8)13-3/h(H,9,10)(H,11,12). The van der Waals surface area contributed by atoms with Crippen molar-refractivity contribution >= 4 is 46.5 Å². The maximum atomic E-state index is 10.6. The van der Waals surface area contributed by atoms with Gasteiger partial charge >= 0.3 is 11.9 Å². The van der Waals surface area contributed by atoms with Crippen molar-refractivity contribution in [3.8, 4) is 0 Å². The molecule has 0 unspecified atom stereocenters. The van der Waals surface area contributed by atoms with Crippen LogP contribution in [0.3, 0.4) is 0 Å². The summed E-state index contributed by atoms with van der Waals surface area (Å²) in [4.78, 5) is 21.1. The topological polar surface area (TPSA) is 74.6 Å². The van der Waals surface area contributed by atoms with Gasteiger partial charge in [0.1, 0.15) is 19.8 Å². The predicted octanol–water partition coefficient (Wildman–Crippen LogP) is 2.45. The van der Waals surface area contributed by atoms with Crippen LogP contribution in [0.5, 0.6) is 0 Å². The van der Waals surface area contributed by atoms with E-state index in [2.05, 4.69) is 0 Å². The lowest BCUT2D eigenvalue weighted by molar-refractivity contribution is 0.0653. The van der Waals surface area contributed by atoms with Crippen LogP contribution in [0.4, 0.5) is 0 Å². The zero-order valence-corrected chi connectivity index (χ0v) is 8.20. The Morgan fingerprint density at radius 2 is 1.31 bits per heavy atom. The molecule has 0 spiro atoms. The lowest BCUT2D eigenvalue weighted by atomic mass is 10.2. The first-order valence-electron chi connectivity index (χ1n) is 2.89. The molecule has 1 aromatic rings. The van der Waals surface area contributed by atoms with Gasteiger partial charge in [-0.25, -0.2) is 9.59 Å². The lowest BCUT2D eigenvalue weighted by Crippen LogP contribution is -2.05. The van der Waals surface area contributed by atoms with Crippen LogP contribution in [0.25, 0.3) is 0 Å². The Bertz CT molecular complexity index is 350. The van der Waals surface area contributed by atoms with Crippen molar-refractivity contribution in [1.82, 2.24) is 0 Å². The van der Waals surface area contributed by atoms with Gasteiger partial charge in [0.05, 0.1) is 0 Å². The molecule has 0 radical (unpaired) electrons. The summed E-state index contributed by atoms with van der Waals surface area (Å²) < 4.78 is -0.259. The molecule has 0 aromatic carbocycles. The first kappa shape index (κ1) is 10.3. The number of rotatable bonds is 2. The number of carbonyl (C=O) groups is 2. The Labute approximate surface area is 86.3 Å². The van der Waals surface area contributed by atoms with E-state index in [4.69, 9.17) is 33.4 Å². The van der Waals surface area contributed by atoms with Gasteiger partial charge in [-0.05, 0) is 0 Å². The van der Waals surface area contributed by atoms with E-state index in [0.29, 0.717) is 0 Å². The molecule has 0 aliphatic carbocycles. The molecular formula is C6H2Cl2O4S. The van der Waals surface area contributed by atoms with Crippen LogP contribution >= 0.6 is 34.5 Å². The van der Waals surface area contributed by atoms with Crippen molar-refractivity contribution < 1.29 is 19.8 Å². The third-order valence-corrected chi connectivity index (χ3v) is 2.86. The summed E-state index contributed by atoms with van der Waals surface area (Å²) in [5.74, 6) is -2.80. The smallest absolute Gasteiger partial charge is 0.339 e.